The van der Waals surface area contributed by atoms with Gasteiger partial charge in [0.25, 0.3) is 0 Å². The Kier molecular flexibility index (Phi) is 8.23. The second-order valence-corrected chi connectivity index (χ2v) is 10.3. The molecule has 0 radical (unpaired) electrons. The van der Waals surface area contributed by atoms with Crippen molar-refractivity contribution in [3.8, 4) is 0 Å². The molecule has 2 N–H and O–H groups in total. The zero-order valence-corrected chi connectivity index (χ0v) is 19.2. The number of amides is 1. The third-order valence-electron chi connectivity index (χ3n) is 5.79. The summed E-state index contributed by atoms with van der Waals surface area (Å²) in [6.07, 6.45) is 3.04. The van der Waals surface area contributed by atoms with Crippen molar-refractivity contribution in [2.24, 2.45) is 11.8 Å². The fraction of sp³-hybridized carbons (Fsp3) is 0.458. The fourth-order valence-electron chi connectivity index (χ4n) is 3.66. The highest BCUT2D eigenvalue weighted by molar-refractivity contribution is 7.89. The standard InChI is InChI=1S/C24H33N3O3S/c1-19(2)24(28)26-22-8-10-23(11-9-22)31(29,30)25-18-21-13-16-27(17-14-21)15-12-20-6-4-3-5-7-20/h3-11,19,21,25H,12-18H2,1-2H3,(H,26,28). The Morgan fingerprint density at radius 3 is 2.29 bits per heavy atom. The first-order valence-corrected chi connectivity index (χ1v) is 12.5. The maximum absolute atomic E-state index is 12.6. The first-order chi connectivity index (χ1) is 14.8. The van der Waals surface area contributed by atoms with E-state index in [1.54, 1.807) is 12.1 Å². The molecular formula is C24H33N3O3S. The minimum atomic E-state index is -3.56. The van der Waals surface area contributed by atoms with Gasteiger partial charge in [-0.05, 0) is 68.1 Å². The van der Waals surface area contributed by atoms with E-state index in [0.29, 0.717) is 18.2 Å². The van der Waals surface area contributed by atoms with Crippen LogP contribution in [0, 0.1) is 11.8 Å². The third-order valence-corrected chi connectivity index (χ3v) is 7.22. The van der Waals surface area contributed by atoms with Crippen molar-refractivity contribution >= 4 is 21.6 Å². The van der Waals surface area contributed by atoms with E-state index in [0.717, 1.165) is 38.9 Å². The molecule has 0 aliphatic carbocycles. The summed E-state index contributed by atoms with van der Waals surface area (Å²) in [6, 6.07) is 16.8. The monoisotopic (exact) mass is 443 g/mol. The lowest BCUT2D eigenvalue weighted by Crippen LogP contribution is -2.39. The summed E-state index contributed by atoms with van der Waals surface area (Å²) < 4.78 is 28.0. The molecule has 0 unspecified atom stereocenters. The van der Waals surface area contributed by atoms with Crippen LogP contribution in [0.5, 0.6) is 0 Å². The Labute approximate surface area is 186 Å². The van der Waals surface area contributed by atoms with Crippen molar-refractivity contribution < 1.29 is 13.2 Å². The third kappa shape index (κ3) is 7.16. The summed E-state index contributed by atoms with van der Waals surface area (Å²) in [5.74, 6) is 0.131. The van der Waals surface area contributed by atoms with Crippen molar-refractivity contribution in [3.05, 3.63) is 60.2 Å². The SMILES string of the molecule is CC(C)C(=O)Nc1ccc(S(=O)(=O)NCC2CCN(CCc3ccccc3)CC2)cc1. The van der Waals surface area contributed by atoms with E-state index in [1.807, 2.05) is 19.9 Å². The van der Waals surface area contributed by atoms with Gasteiger partial charge in [0.1, 0.15) is 0 Å². The highest BCUT2D eigenvalue weighted by Crippen LogP contribution is 2.19. The quantitative estimate of drug-likeness (QED) is 0.622. The number of nitrogens with one attached hydrogen (secondary N) is 2. The number of hydrogen-bond donors (Lipinski definition) is 2. The summed E-state index contributed by atoms with van der Waals surface area (Å²) >= 11 is 0. The molecule has 2 aromatic rings. The molecule has 1 saturated heterocycles. The van der Waals surface area contributed by atoms with Crippen molar-refractivity contribution in [2.45, 2.75) is 38.0 Å². The Balaban J connectivity index is 1.43. The number of hydrogen-bond acceptors (Lipinski definition) is 4. The number of rotatable bonds is 9. The number of nitrogens with zero attached hydrogens (tertiary/aromatic N) is 1. The summed E-state index contributed by atoms with van der Waals surface area (Å²) in [5.41, 5.74) is 1.95. The van der Waals surface area contributed by atoms with Crippen molar-refractivity contribution in [1.29, 1.82) is 0 Å². The maximum atomic E-state index is 12.6. The van der Waals surface area contributed by atoms with Crippen LogP contribution < -0.4 is 10.0 Å². The van der Waals surface area contributed by atoms with Crippen LogP contribution in [0.15, 0.2) is 59.5 Å². The lowest BCUT2D eigenvalue weighted by Gasteiger charge is -2.32. The number of anilines is 1. The van der Waals surface area contributed by atoms with Crippen LogP contribution in [0.4, 0.5) is 5.69 Å². The average Bonchev–Trinajstić information content (AvgIpc) is 2.78. The molecule has 2 aromatic carbocycles. The molecule has 1 amide bonds. The normalized spacial score (nSPS) is 15.8. The van der Waals surface area contributed by atoms with E-state index >= 15 is 0 Å². The van der Waals surface area contributed by atoms with Gasteiger partial charge in [-0.15, -0.1) is 0 Å². The zero-order valence-electron chi connectivity index (χ0n) is 18.4. The van der Waals surface area contributed by atoms with Gasteiger partial charge in [0, 0.05) is 24.7 Å². The van der Waals surface area contributed by atoms with E-state index in [1.165, 1.54) is 17.7 Å². The van der Waals surface area contributed by atoms with E-state index in [9.17, 15) is 13.2 Å². The van der Waals surface area contributed by atoms with Crippen LogP contribution in [0.1, 0.15) is 32.3 Å². The lowest BCUT2D eigenvalue weighted by atomic mass is 9.97. The van der Waals surface area contributed by atoms with E-state index in [-0.39, 0.29) is 16.7 Å². The van der Waals surface area contributed by atoms with Crippen molar-refractivity contribution in [3.63, 3.8) is 0 Å². The first kappa shape index (κ1) is 23.4. The second-order valence-electron chi connectivity index (χ2n) is 8.54. The number of piperidine rings is 1. The second kappa shape index (κ2) is 10.9. The highest BCUT2D eigenvalue weighted by atomic mass is 32.2. The highest BCUT2D eigenvalue weighted by Gasteiger charge is 2.22. The summed E-state index contributed by atoms with van der Waals surface area (Å²) in [6.45, 7) is 7.13. The van der Waals surface area contributed by atoms with Gasteiger partial charge in [-0.2, -0.15) is 0 Å². The first-order valence-electron chi connectivity index (χ1n) is 11.0. The van der Waals surface area contributed by atoms with Crippen LogP contribution in [0.2, 0.25) is 0 Å². The molecule has 31 heavy (non-hydrogen) atoms. The number of carbonyl (C=O) groups is 1. The van der Waals surface area contributed by atoms with Crippen LogP contribution >= 0.6 is 0 Å². The minimum absolute atomic E-state index is 0.0937. The van der Waals surface area contributed by atoms with Crippen LogP contribution in [0.25, 0.3) is 0 Å². The van der Waals surface area contributed by atoms with E-state index in [2.05, 4.69) is 39.2 Å². The Morgan fingerprint density at radius 2 is 1.68 bits per heavy atom. The number of benzene rings is 2. The minimum Gasteiger partial charge on any atom is -0.326 e. The van der Waals surface area contributed by atoms with E-state index < -0.39 is 10.0 Å². The molecule has 1 heterocycles. The van der Waals surface area contributed by atoms with Gasteiger partial charge in [-0.1, -0.05) is 44.2 Å². The summed E-state index contributed by atoms with van der Waals surface area (Å²) in [7, 11) is -3.56. The number of likely N-dealkylation sites (tertiary alicyclic amines) is 1. The van der Waals surface area contributed by atoms with E-state index in [4.69, 9.17) is 0 Å². The van der Waals surface area contributed by atoms with Crippen LogP contribution in [-0.2, 0) is 21.2 Å². The van der Waals surface area contributed by atoms with Gasteiger partial charge in [-0.25, -0.2) is 13.1 Å². The number of sulfonamides is 1. The fourth-order valence-corrected chi connectivity index (χ4v) is 4.78. The molecule has 0 aromatic heterocycles. The Morgan fingerprint density at radius 1 is 1.03 bits per heavy atom. The molecule has 7 heteroatoms. The average molecular weight is 444 g/mol. The molecule has 1 aliphatic rings. The van der Waals surface area contributed by atoms with Gasteiger partial charge in [0.05, 0.1) is 4.90 Å². The van der Waals surface area contributed by atoms with Crippen molar-refractivity contribution in [2.75, 3.05) is 31.5 Å². The molecule has 0 spiro atoms. The summed E-state index contributed by atoms with van der Waals surface area (Å²) in [5, 5.41) is 2.77. The molecule has 6 nitrogen and oxygen atoms in total. The van der Waals surface area contributed by atoms with Gasteiger partial charge in [0.15, 0.2) is 0 Å². The molecule has 3 rings (SSSR count). The molecule has 168 valence electrons. The molecule has 0 saturated carbocycles. The summed E-state index contributed by atoms with van der Waals surface area (Å²) in [4.78, 5) is 14.4. The van der Waals surface area contributed by atoms with Crippen LogP contribution in [0.3, 0.4) is 0 Å². The predicted octanol–water partition coefficient (Wildman–Crippen LogP) is 3.51. The topological polar surface area (TPSA) is 78.5 Å². The van der Waals surface area contributed by atoms with Gasteiger partial charge >= 0.3 is 0 Å². The van der Waals surface area contributed by atoms with Crippen LogP contribution in [-0.4, -0.2) is 45.4 Å². The smallest absolute Gasteiger partial charge is 0.240 e. The zero-order chi connectivity index (χ0) is 22.3. The van der Waals surface area contributed by atoms with Gasteiger partial charge < -0.3 is 10.2 Å². The Bertz CT molecular complexity index is 936. The van der Waals surface area contributed by atoms with Gasteiger partial charge in [0.2, 0.25) is 15.9 Å². The largest absolute Gasteiger partial charge is 0.326 e. The van der Waals surface area contributed by atoms with Crippen molar-refractivity contribution in [1.82, 2.24) is 9.62 Å². The Hall–Kier alpha value is -2.22. The molecule has 1 aliphatic heterocycles. The predicted molar refractivity (Wildman–Crippen MR) is 124 cm³/mol. The molecule has 0 atom stereocenters. The molecular weight excluding hydrogens is 410 g/mol. The number of carbonyl (C=O) groups excluding carboxylic acids is 1. The lowest BCUT2D eigenvalue weighted by molar-refractivity contribution is -0.118. The maximum Gasteiger partial charge on any atom is 0.240 e. The molecule has 1 fully saturated rings. The van der Waals surface area contributed by atoms with Gasteiger partial charge in [-0.3, -0.25) is 4.79 Å². The molecule has 0 bridgehead atoms.